The molecule has 5 nitrogen and oxygen atoms in total. The van der Waals surface area contributed by atoms with E-state index in [-0.39, 0.29) is 6.03 Å². The van der Waals surface area contributed by atoms with Crippen molar-refractivity contribution in [1.29, 1.82) is 0 Å². The second kappa shape index (κ2) is 8.09. The number of nitrogens with zero attached hydrogens (tertiary/aromatic N) is 1. The lowest BCUT2D eigenvalue weighted by molar-refractivity contribution is 0.244. The van der Waals surface area contributed by atoms with E-state index in [9.17, 15) is 4.79 Å². The molecule has 1 aliphatic carbocycles. The van der Waals surface area contributed by atoms with E-state index in [1.165, 1.54) is 32.1 Å². The molecule has 128 valence electrons. The number of hydrogen-bond donors (Lipinski definition) is 1. The number of urea groups is 1. The molecule has 23 heavy (non-hydrogen) atoms. The van der Waals surface area contributed by atoms with Gasteiger partial charge in [-0.1, -0.05) is 19.3 Å². The van der Waals surface area contributed by atoms with Crippen LogP contribution in [0.15, 0.2) is 12.1 Å². The third kappa shape index (κ3) is 4.09. The van der Waals surface area contributed by atoms with E-state index in [4.69, 9.17) is 9.47 Å². The van der Waals surface area contributed by atoms with E-state index in [1.807, 2.05) is 19.1 Å². The van der Waals surface area contributed by atoms with Gasteiger partial charge in [-0.3, -0.25) is 4.90 Å². The van der Waals surface area contributed by atoms with E-state index in [0.29, 0.717) is 29.6 Å². The zero-order valence-corrected chi connectivity index (χ0v) is 14.6. The van der Waals surface area contributed by atoms with Crippen LogP contribution >= 0.6 is 0 Å². The number of aryl methyl sites for hydroxylation is 1. The predicted molar refractivity (Wildman–Crippen MR) is 92.7 cm³/mol. The Morgan fingerprint density at radius 2 is 1.74 bits per heavy atom. The first-order valence-corrected chi connectivity index (χ1v) is 8.32. The lowest BCUT2D eigenvalue weighted by atomic mass is 9.89. The van der Waals surface area contributed by atoms with Crippen LogP contribution in [0.3, 0.4) is 0 Å². The number of ether oxygens (including phenoxy) is 2. The van der Waals surface area contributed by atoms with Crippen LogP contribution < -0.4 is 19.7 Å². The Bertz CT molecular complexity index is 514. The molecule has 1 fully saturated rings. The minimum atomic E-state index is -0.129. The molecule has 5 heteroatoms. The van der Waals surface area contributed by atoms with Gasteiger partial charge in [-0.25, -0.2) is 4.79 Å². The fraction of sp³-hybridized carbons (Fsp3) is 0.611. The summed E-state index contributed by atoms with van der Waals surface area (Å²) in [6, 6.07) is 3.75. The average Bonchev–Trinajstić information content (AvgIpc) is 2.59. The van der Waals surface area contributed by atoms with Gasteiger partial charge < -0.3 is 14.8 Å². The number of benzene rings is 1. The highest BCUT2D eigenvalue weighted by atomic mass is 16.5. The summed E-state index contributed by atoms with van der Waals surface area (Å²) in [6.45, 7) is 2.68. The fourth-order valence-electron chi connectivity index (χ4n) is 3.33. The van der Waals surface area contributed by atoms with Gasteiger partial charge in [0.2, 0.25) is 0 Å². The number of anilines is 1. The summed E-state index contributed by atoms with van der Waals surface area (Å²) in [5, 5.41) is 2.75. The first-order chi connectivity index (χ1) is 11.1. The van der Waals surface area contributed by atoms with E-state index in [0.717, 1.165) is 5.56 Å². The summed E-state index contributed by atoms with van der Waals surface area (Å²) in [5.41, 5.74) is 1.75. The number of hydrogen-bond acceptors (Lipinski definition) is 3. The largest absolute Gasteiger partial charge is 0.494 e. The van der Waals surface area contributed by atoms with Crippen LogP contribution in [0.2, 0.25) is 0 Å². The smallest absolute Gasteiger partial charge is 0.321 e. The molecule has 0 aromatic heterocycles. The molecule has 1 N–H and O–H groups in total. The van der Waals surface area contributed by atoms with Crippen LogP contribution in [0, 0.1) is 12.8 Å². The predicted octanol–water partition coefficient (Wildman–Crippen LogP) is 3.74. The number of methoxy groups -OCH3 is 2. The lowest BCUT2D eigenvalue weighted by Crippen LogP contribution is -2.42. The van der Waals surface area contributed by atoms with E-state index < -0.39 is 0 Å². The molecule has 1 aromatic carbocycles. The van der Waals surface area contributed by atoms with Crippen LogP contribution in [-0.4, -0.2) is 33.8 Å². The van der Waals surface area contributed by atoms with Crippen molar-refractivity contribution in [2.45, 2.75) is 39.0 Å². The molecule has 2 rings (SSSR count). The van der Waals surface area contributed by atoms with E-state index >= 15 is 0 Å². The highest BCUT2D eigenvalue weighted by molar-refractivity contribution is 5.95. The number of carbonyl (C=O) groups excluding carboxylic acids is 1. The molecule has 0 aliphatic heterocycles. The van der Waals surface area contributed by atoms with Gasteiger partial charge in [0.25, 0.3) is 0 Å². The Morgan fingerprint density at radius 1 is 1.17 bits per heavy atom. The maximum atomic E-state index is 12.5. The highest BCUT2D eigenvalue weighted by Crippen LogP contribution is 2.40. The van der Waals surface area contributed by atoms with Crippen LogP contribution in [0.4, 0.5) is 10.5 Å². The second-order valence-electron chi connectivity index (χ2n) is 6.19. The summed E-state index contributed by atoms with van der Waals surface area (Å²) >= 11 is 0. The van der Waals surface area contributed by atoms with Crippen molar-refractivity contribution in [3.63, 3.8) is 0 Å². The van der Waals surface area contributed by atoms with Crippen LogP contribution in [-0.2, 0) is 0 Å². The maximum Gasteiger partial charge on any atom is 0.321 e. The van der Waals surface area contributed by atoms with Crippen molar-refractivity contribution in [3.8, 4) is 11.5 Å². The van der Waals surface area contributed by atoms with Crippen molar-refractivity contribution < 1.29 is 14.3 Å². The van der Waals surface area contributed by atoms with Gasteiger partial charge in [-0.05, 0) is 43.4 Å². The molecular weight excluding hydrogens is 292 g/mol. The number of rotatable bonds is 5. The van der Waals surface area contributed by atoms with Gasteiger partial charge in [0.1, 0.15) is 17.2 Å². The summed E-state index contributed by atoms with van der Waals surface area (Å²) in [7, 11) is 4.91. The minimum absolute atomic E-state index is 0.129. The van der Waals surface area contributed by atoms with Gasteiger partial charge in [0.05, 0.1) is 14.2 Å². The van der Waals surface area contributed by atoms with Crippen LogP contribution in [0.1, 0.15) is 37.7 Å². The van der Waals surface area contributed by atoms with Crippen molar-refractivity contribution in [1.82, 2.24) is 5.32 Å². The average molecular weight is 320 g/mol. The molecule has 1 saturated carbocycles. The molecule has 0 atom stereocenters. The van der Waals surface area contributed by atoms with Crippen molar-refractivity contribution in [2.24, 2.45) is 5.92 Å². The van der Waals surface area contributed by atoms with Gasteiger partial charge in [-0.15, -0.1) is 0 Å². The van der Waals surface area contributed by atoms with Gasteiger partial charge in [0.15, 0.2) is 0 Å². The highest BCUT2D eigenvalue weighted by Gasteiger charge is 2.27. The summed E-state index contributed by atoms with van der Waals surface area (Å²) in [5.74, 6) is 1.86. The van der Waals surface area contributed by atoms with Crippen molar-refractivity contribution >= 4 is 11.7 Å². The summed E-state index contributed by atoms with van der Waals surface area (Å²) in [6.07, 6.45) is 6.13. The molecule has 0 unspecified atom stereocenters. The monoisotopic (exact) mass is 320 g/mol. The number of carbonyl (C=O) groups is 1. The molecule has 0 spiro atoms. The third-order valence-electron chi connectivity index (χ3n) is 4.52. The number of amides is 2. The Labute approximate surface area is 139 Å². The molecule has 0 radical (unpaired) electrons. The molecule has 0 bridgehead atoms. The van der Waals surface area contributed by atoms with E-state index in [1.54, 1.807) is 26.2 Å². The van der Waals surface area contributed by atoms with Crippen molar-refractivity contribution in [2.75, 3.05) is 32.7 Å². The zero-order chi connectivity index (χ0) is 16.8. The van der Waals surface area contributed by atoms with E-state index in [2.05, 4.69) is 5.32 Å². The van der Waals surface area contributed by atoms with Crippen molar-refractivity contribution in [3.05, 3.63) is 17.7 Å². The normalized spacial score (nSPS) is 15.1. The third-order valence-corrected chi connectivity index (χ3v) is 4.52. The first-order valence-electron chi connectivity index (χ1n) is 8.32. The maximum absolute atomic E-state index is 12.5. The minimum Gasteiger partial charge on any atom is -0.494 e. The molecule has 2 amide bonds. The molecule has 1 aromatic rings. The Kier molecular flexibility index (Phi) is 6.13. The molecular formula is C18H28N2O3. The number of nitrogens with one attached hydrogen (secondary N) is 1. The summed E-state index contributed by atoms with van der Waals surface area (Å²) < 4.78 is 11.1. The molecule has 1 aliphatic rings. The van der Waals surface area contributed by atoms with Gasteiger partial charge >= 0.3 is 6.03 Å². The van der Waals surface area contributed by atoms with Crippen LogP contribution in [0.25, 0.3) is 0 Å². The Balaban J connectivity index is 2.39. The standard InChI is InChI=1S/C18H28N2O3/c1-13-10-15(22-3)17(16(11-13)23-4)20(18(21)19-2)12-14-8-6-5-7-9-14/h10-11,14H,5-9,12H2,1-4H3,(H,19,21). The fourth-order valence-corrected chi connectivity index (χ4v) is 3.33. The zero-order valence-electron chi connectivity index (χ0n) is 14.6. The lowest BCUT2D eigenvalue weighted by Gasteiger charge is -2.31. The topological polar surface area (TPSA) is 50.8 Å². The van der Waals surface area contributed by atoms with Gasteiger partial charge in [0, 0.05) is 13.6 Å². The Morgan fingerprint density at radius 3 is 2.22 bits per heavy atom. The SMILES string of the molecule is CNC(=O)N(CC1CCCCC1)c1c(OC)cc(C)cc1OC. The first kappa shape index (κ1) is 17.4. The molecule has 0 heterocycles. The summed E-state index contributed by atoms with van der Waals surface area (Å²) in [4.78, 5) is 14.3. The Hall–Kier alpha value is -1.91. The quantitative estimate of drug-likeness (QED) is 0.899. The second-order valence-corrected chi connectivity index (χ2v) is 6.19. The van der Waals surface area contributed by atoms with Crippen LogP contribution in [0.5, 0.6) is 11.5 Å². The molecule has 0 saturated heterocycles. The van der Waals surface area contributed by atoms with Gasteiger partial charge in [-0.2, -0.15) is 0 Å².